The molecule has 9 heteroatoms. The van der Waals surface area contributed by atoms with Crippen LogP contribution in [-0.2, 0) is 6.18 Å². The third-order valence-electron chi connectivity index (χ3n) is 4.61. The zero-order valence-electron chi connectivity index (χ0n) is 15.7. The molecule has 0 unspecified atom stereocenters. The first-order chi connectivity index (χ1) is 13.6. The van der Waals surface area contributed by atoms with Gasteiger partial charge in [0.05, 0.1) is 23.6 Å². The molecule has 152 valence electrons. The lowest BCUT2D eigenvalue weighted by Gasteiger charge is -2.19. The van der Waals surface area contributed by atoms with Crippen molar-refractivity contribution in [1.29, 1.82) is 0 Å². The lowest BCUT2D eigenvalue weighted by Crippen LogP contribution is -2.31. The molecule has 0 aliphatic rings. The van der Waals surface area contributed by atoms with Crippen molar-refractivity contribution in [3.8, 4) is 11.5 Å². The molecule has 29 heavy (non-hydrogen) atoms. The van der Waals surface area contributed by atoms with E-state index in [9.17, 15) is 27.9 Å². The highest BCUT2D eigenvalue weighted by molar-refractivity contribution is 6.11. The molecule has 1 amide bonds. The number of carbonyl (C=O) groups excluding carboxylic acids is 1. The summed E-state index contributed by atoms with van der Waals surface area (Å²) in [6.07, 6.45) is -4.51. The molecule has 2 N–H and O–H groups in total. The van der Waals surface area contributed by atoms with Gasteiger partial charge in [0.2, 0.25) is 0 Å². The van der Waals surface area contributed by atoms with Crippen LogP contribution in [0, 0.1) is 6.92 Å². The Bertz CT molecular complexity index is 1150. The number of carbonyl (C=O) groups is 1. The summed E-state index contributed by atoms with van der Waals surface area (Å²) >= 11 is 0. The maximum Gasteiger partial charge on any atom is 0.416 e. The van der Waals surface area contributed by atoms with Crippen LogP contribution in [0.1, 0.15) is 21.5 Å². The van der Waals surface area contributed by atoms with Crippen LogP contribution in [0.3, 0.4) is 0 Å². The van der Waals surface area contributed by atoms with Gasteiger partial charge < -0.3 is 19.7 Å². The van der Waals surface area contributed by atoms with Crippen molar-refractivity contribution < 1.29 is 27.8 Å². The number of benzene rings is 2. The minimum Gasteiger partial charge on any atom is -0.506 e. The molecule has 0 aliphatic carbocycles. The second-order valence-corrected chi connectivity index (χ2v) is 6.42. The number of aromatic amines is 1. The largest absolute Gasteiger partial charge is 0.506 e. The number of methoxy groups -OCH3 is 1. The first kappa shape index (κ1) is 20.2. The molecular weight excluding hydrogens is 389 g/mol. The van der Waals surface area contributed by atoms with Crippen molar-refractivity contribution in [3.63, 3.8) is 0 Å². The number of nitrogens with one attached hydrogen (secondary N) is 1. The Morgan fingerprint density at radius 3 is 2.31 bits per heavy atom. The van der Waals surface area contributed by atoms with E-state index in [1.165, 1.54) is 14.2 Å². The van der Waals surface area contributed by atoms with Gasteiger partial charge in [0.25, 0.3) is 11.5 Å². The number of rotatable bonds is 3. The fourth-order valence-corrected chi connectivity index (χ4v) is 3.06. The van der Waals surface area contributed by atoms with Gasteiger partial charge in [-0.15, -0.1) is 0 Å². The average molecular weight is 406 g/mol. The van der Waals surface area contributed by atoms with Crippen molar-refractivity contribution in [2.24, 2.45) is 0 Å². The predicted molar refractivity (Wildman–Crippen MR) is 102 cm³/mol. The summed E-state index contributed by atoms with van der Waals surface area (Å²) in [5, 5.41) is 10.9. The summed E-state index contributed by atoms with van der Waals surface area (Å²) < 4.78 is 43.5. The monoisotopic (exact) mass is 406 g/mol. The van der Waals surface area contributed by atoms with Crippen LogP contribution >= 0.6 is 0 Å². The fourth-order valence-electron chi connectivity index (χ4n) is 3.06. The second-order valence-electron chi connectivity index (χ2n) is 6.42. The van der Waals surface area contributed by atoms with Crippen LogP contribution < -0.4 is 15.2 Å². The minimum atomic E-state index is -4.51. The summed E-state index contributed by atoms with van der Waals surface area (Å²) in [5.41, 5.74) is -1.15. The van der Waals surface area contributed by atoms with E-state index in [0.29, 0.717) is 11.3 Å². The van der Waals surface area contributed by atoms with Crippen LogP contribution in [0.15, 0.2) is 41.2 Å². The molecule has 0 spiro atoms. The number of ether oxygens (including phenoxy) is 1. The summed E-state index contributed by atoms with van der Waals surface area (Å²) in [7, 11) is 2.68. The number of H-pyrrole nitrogens is 1. The van der Waals surface area contributed by atoms with Crippen LogP contribution in [0.5, 0.6) is 11.5 Å². The Hall–Kier alpha value is -3.49. The minimum absolute atomic E-state index is 0.123. The smallest absolute Gasteiger partial charge is 0.416 e. The second kappa shape index (κ2) is 7.16. The maximum atomic E-state index is 12.9. The first-order valence-corrected chi connectivity index (χ1v) is 8.44. The van der Waals surface area contributed by atoms with Crippen molar-refractivity contribution in [3.05, 3.63) is 63.4 Å². The van der Waals surface area contributed by atoms with Gasteiger partial charge in [-0.1, -0.05) is 6.07 Å². The standard InChI is InChI=1S/C20H17F3N2O4/c1-10-4-9-13-14(17(10)29-3)16(26)15(18(27)24-13)19(28)25(2)12-7-5-11(6-8-12)20(21,22)23/h4-9H,1-3H3,(H2,24,26,27). The molecule has 0 saturated carbocycles. The van der Waals surface area contributed by atoms with E-state index < -0.39 is 34.5 Å². The molecule has 3 rings (SSSR count). The van der Waals surface area contributed by atoms with E-state index >= 15 is 0 Å². The third kappa shape index (κ3) is 3.51. The number of aromatic hydroxyl groups is 1. The number of aryl methyl sites for hydroxylation is 1. The molecular formula is C20H17F3N2O4. The van der Waals surface area contributed by atoms with E-state index in [4.69, 9.17) is 4.74 Å². The Kier molecular flexibility index (Phi) is 5.00. The number of alkyl halides is 3. The number of halogens is 3. The van der Waals surface area contributed by atoms with Gasteiger partial charge in [-0.2, -0.15) is 13.2 Å². The van der Waals surface area contributed by atoms with E-state index in [1.807, 2.05) is 0 Å². The maximum absolute atomic E-state index is 12.9. The first-order valence-electron chi connectivity index (χ1n) is 8.44. The Morgan fingerprint density at radius 1 is 1.14 bits per heavy atom. The number of fused-ring (bicyclic) bond motifs is 1. The van der Waals surface area contributed by atoms with Gasteiger partial charge in [-0.3, -0.25) is 9.59 Å². The lowest BCUT2D eigenvalue weighted by molar-refractivity contribution is -0.137. The number of aromatic nitrogens is 1. The Morgan fingerprint density at radius 2 is 1.76 bits per heavy atom. The van der Waals surface area contributed by atoms with Crippen LogP contribution in [-0.4, -0.2) is 30.2 Å². The molecule has 0 aliphatic heterocycles. The molecule has 0 atom stereocenters. The van der Waals surface area contributed by atoms with Gasteiger partial charge >= 0.3 is 6.18 Å². The normalized spacial score (nSPS) is 11.5. The summed E-state index contributed by atoms with van der Waals surface area (Å²) in [5.74, 6) is -1.15. The molecule has 0 saturated heterocycles. The number of anilines is 1. The van der Waals surface area contributed by atoms with Gasteiger partial charge in [0, 0.05) is 12.7 Å². The summed E-state index contributed by atoms with van der Waals surface area (Å²) in [4.78, 5) is 28.8. The molecule has 1 aromatic heterocycles. The molecule has 3 aromatic rings. The molecule has 0 radical (unpaired) electrons. The fraction of sp³-hybridized carbons (Fsp3) is 0.200. The molecule has 2 aromatic carbocycles. The van der Waals surface area contributed by atoms with E-state index in [2.05, 4.69) is 4.98 Å². The summed E-state index contributed by atoms with van der Waals surface area (Å²) in [6, 6.07) is 7.13. The third-order valence-corrected chi connectivity index (χ3v) is 4.61. The zero-order valence-corrected chi connectivity index (χ0v) is 15.7. The SMILES string of the molecule is COc1c(C)ccc2[nH]c(=O)c(C(=O)N(C)c3ccc(C(F)(F)F)cc3)c(O)c12. The number of hydrogen-bond acceptors (Lipinski definition) is 4. The molecule has 6 nitrogen and oxygen atoms in total. The van der Waals surface area contributed by atoms with Gasteiger partial charge in [0.1, 0.15) is 17.1 Å². The quantitative estimate of drug-likeness (QED) is 0.692. The molecule has 0 fully saturated rings. The number of nitrogens with zero attached hydrogens (tertiary/aromatic N) is 1. The van der Waals surface area contributed by atoms with Crippen LogP contribution in [0.2, 0.25) is 0 Å². The van der Waals surface area contributed by atoms with Crippen molar-refractivity contribution in [1.82, 2.24) is 4.98 Å². The predicted octanol–water partition coefficient (Wildman–Crippen LogP) is 3.85. The highest BCUT2D eigenvalue weighted by Gasteiger charge is 2.31. The highest BCUT2D eigenvalue weighted by atomic mass is 19.4. The topological polar surface area (TPSA) is 82.6 Å². The van der Waals surface area contributed by atoms with Crippen molar-refractivity contribution >= 4 is 22.5 Å². The van der Waals surface area contributed by atoms with Crippen LogP contribution in [0.4, 0.5) is 18.9 Å². The number of pyridine rings is 1. The number of amides is 1. The van der Waals surface area contributed by atoms with Crippen LogP contribution in [0.25, 0.3) is 10.9 Å². The van der Waals surface area contributed by atoms with E-state index in [-0.39, 0.29) is 16.6 Å². The highest BCUT2D eigenvalue weighted by Crippen LogP contribution is 2.36. The van der Waals surface area contributed by atoms with Gasteiger partial charge in [0.15, 0.2) is 0 Å². The van der Waals surface area contributed by atoms with Crippen molar-refractivity contribution in [2.75, 3.05) is 19.1 Å². The molecule has 1 heterocycles. The molecule has 0 bridgehead atoms. The number of hydrogen-bond donors (Lipinski definition) is 2. The van der Waals surface area contributed by atoms with Crippen molar-refractivity contribution in [2.45, 2.75) is 13.1 Å². The van der Waals surface area contributed by atoms with Gasteiger partial charge in [-0.05, 0) is 42.8 Å². The van der Waals surface area contributed by atoms with E-state index in [1.54, 1.807) is 19.1 Å². The Labute approximate surface area is 163 Å². The zero-order chi connectivity index (χ0) is 21.5. The van der Waals surface area contributed by atoms with E-state index in [0.717, 1.165) is 29.2 Å². The Balaban J connectivity index is 2.10. The van der Waals surface area contributed by atoms with Gasteiger partial charge in [-0.25, -0.2) is 0 Å². The lowest BCUT2D eigenvalue weighted by atomic mass is 10.1. The summed E-state index contributed by atoms with van der Waals surface area (Å²) in [6.45, 7) is 1.73. The average Bonchev–Trinajstić information content (AvgIpc) is 2.67.